The van der Waals surface area contributed by atoms with Gasteiger partial charge in [-0.3, -0.25) is 4.79 Å². The van der Waals surface area contributed by atoms with E-state index in [1.807, 2.05) is 0 Å². The summed E-state index contributed by atoms with van der Waals surface area (Å²) in [5, 5.41) is 2.25. The van der Waals surface area contributed by atoms with Crippen LogP contribution in [0.2, 0.25) is 0 Å². The topological polar surface area (TPSA) is 29.1 Å². The van der Waals surface area contributed by atoms with Gasteiger partial charge in [-0.15, -0.1) is 0 Å². The Hall–Kier alpha value is -2.44. The van der Waals surface area contributed by atoms with Gasteiger partial charge in [-0.2, -0.15) is 0 Å². The molecule has 0 aliphatic carbocycles. The minimum Gasteiger partial charge on any atom is -0.348 e. The summed E-state index contributed by atoms with van der Waals surface area (Å²) in [4.78, 5) is 11.7. The molecule has 110 valence electrons. The summed E-state index contributed by atoms with van der Waals surface area (Å²) in [6.07, 6.45) is 0. The zero-order valence-electron chi connectivity index (χ0n) is 10.4. The van der Waals surface area contributed by atoms with E-state index in [1.54, 1.807) is 0 Å². The minimum absolute atomic E-state index is 0.184. The van der Waals surface area contributed by atoms with Crippen molar-refractivity contribution in [3.05, 3.63) is 70.5 Å². The van der Waals surface area contributed by atoms with E-state index in [1.165, 1.54) is 6.07 Å². The second-order valence-corrected chi connectivity index (χ2v) is 4.19. The molecule has 0 saturated carbocycles. The van der Waals surface area contributed by atoms with E-state index in [4.69, 9.17) is 0 Å². The fraction of sp³-hybridized carbons (Fsp3) is 0.0714. The van der Waals surface area contributed by atoms with Crippen molar-refractivity contribution < 1.29 is 26.7 Å². The highest BCUT2D eigenvalue weighted by Crippen LogP contribution is 2.14. The van der Waals surface area contributed by atoms with Crippen molar-refractivity contribution in [3.63, 3.8) is 0 Å². The van der Waals surface area contributed by atoms with E-state index in [2.05, 4.69) is 5.32 Å². The molecule has 7 heteroatoms. The van der Waals surface area contributed by atoms with Crippen LogP contribution in [0, 0.1) is 29.1 Å². The molecule has 0 fully saturated rings. The summed E-state index contributed by atoms with van der Waals surface area (Å²) >= 11 is 0. The van der Waals surface area contributed by atoms with Crippen LogP contribution in [0.4, 0.5) is 22.0 Å². The van der Waals surface area contributed by atoms with E-state index in [0.29, 0.717) is 12.1 Å². The first kappa shape index (κ1) is 15.0. The summed E-state index contributed by atoms with van der Waals surface area (Å²) in [7, 11) is 0. The molecule has 2 rings (SSSR count). The first-order valence-electron chi connectivity index (χ1n) is 5.75. The first-order valence-corrected chi connectivity index (χ1v) is 5.75. The van der Waals surface area contributed by atoms with Crippen LogP contribution in [0.1, 0.15) is 15.9 Å². The molecule has 0 saturated heterocycles. The highest BCUT2D eigenvalue weighted by Gasteiger charge is 2.15. The number of carbonyl (C=O) groups excluding carboxylic acids is 1. The number of amides is 1. The molecular weight excluding hydrogens is 293 g/mol. The lowest BCUT2D eigenvalue weighted by atomic mass is 10.1. The SMILES string of the molecule is O=C(NCc1ccc(F)c(F)c1)c1cc(F)c(F)c(F)c1. The lowest BCUT2D eigenvalue weighted by Gasteiger charge is -2.07. The van der Waals surface area contributed by atoms with Crippen molar-refractivity contribution in [1.29, 1.82) is 0 Å². The third kappa shape index (κ3) is 3.36. The molecule has 0 heterocycles. The van der Waals surface area contributed by atoms with Crippen molar-refractivity contribution in [1.82, 2.24) is 5.32 Å². The molecule has 0 aliphatic heterocycles. The number of hydrogen-bond acceptors (Lipinski definition) is 1. The Morgan fingerprint density at radius 1 is 0.857 bits per heavy atom. The summed E-state index contributed by atoms with van der Waals surface area (Å²) in [5.41, 5.74) is -0.167. The zero-order chi connectivity index (χ0) is 15.6. The van der Waals surface area contributed by atoms with Gasteiger partial charge < -0.3 is 5.32 Å². The maximum absolute atomic E-state index is 13.0. The fourth-order valence-corrected chi connectivity index (χ4v) is 1.62. The quantitative estimate of drug-likeness (QED) is 0.684. The van der Waals surface area contributed by atoms with Crippen molar-refractivity contribution in [2.75, 3.05) is 0 Å². The van der Waals surface area contributed by atoms with E-state index < -0.39 is 40.6 Å². The van der Waals surface area contributed by atoms with E-state index in [0.717, 1.165) is 12.1 Å². The molecule has 0 atom stereocenters. The Balaban J connectivity index is 2.10. The Morgan fingerprint density at radius 2 is 1.48 bits per heavy atom. The zero-order valence-corrected chi connectivity index (χ0v) is 10.4. The van der Waals surface area contributed by atoms with Gasteiger partial charge in [0.15, 0.2) is 29.1 Å². The first-order chi connectivity index (χ1) is 9.88. The van der Waals surface area contributed by atoms with Gasteiger partial charge in [-0.05, 0) is 29.8 Å². The molecule has 0 aliphatic rings. The number of rotatable bonds is 3. The molecule has 0 unspecified atom stereocenters. The molecule has 2 aromatic rings. The van der Waals surface area contributed by atoms with Gasteiger partial charge in [-0.25, -0.2) is 22.0 Å². The molecule has 0 bridgehead atoms. The molecule has 2 nitrogen and oxygen atoms in total. The lowest BCUT2D eigenvalue weighted by Crippen LogP contribution is -2.23. The second kappa shape index (κ2) is 5.90. The Bertz CT molecular complexity index is 679. The van der Waals surface area contributed by atoms with Gasteiger partial charge in [0.1, 0.15) is 0 Å². The maximum Gasteiger partial charge on any atom is 0.251 e. The van der Waals surface area contributed by atoms with Gasteiger partial charge in [0.2, 0.25) is 0 Å². The standard InChI is InChI=1S/C14H8F5NO/c15-9-2-1-7(3-10(9)16)6-20-14(21)8-4-11(17)13(19)12(18)5-8/h1-5H,6H2,(H,20,21). The van der Waals surface area contributed by atoms with Crippen LogP contribution >= 0.6 is 0 Å². The lowest BCUT2D eigenvalue weighted by molar-refractivity contribution is 0.0949. The van der Waals surface area contributed by atoms with Crippen molar-refractivity contribution in [2.24, 2.45) is 0 Å². The molecule has 2 aromatic carbocycles. The van der Waals surface area contributed by atoms with Crippen LogP contribution in [0.3, 0.4) is 0 Å². The number of halogens is 5. The van der Waals surface area contributed by atoms with E-state index >= 15 is 0 Å². The predicted molar refractivity (Wildman–Crippen MR) is 63.8 cm³/mol. The van der Waals surface area contributed by atoms with Crippen LogP contribution in [-0.4, -0.2) is 5.91 Å². The average molecular weight is 301 g/mol. The summed E-state index contributed by atoms with van der Waals surface area (Å²) in [6.45, 7) is -0.184. The van der Waals surface area contributed by atoms with E-state index in [-0.39, 0.29) is 12.1 Å². The largest absolute Gasteiger partial charge is 0.348 e. The van der Waals surface area contributed by atoms with Crippen LogP contribution in [0.5, 0.6) is 0 Å². The van der Waals surface area contributed by atoms with Crippen LogP contribution in [-0.2, 0) is 6.54 Å². The number of carbonyl (C=O) groups is 1. The summed E-state index contributed by atoms with van der Waals surface area (Å²) in [5.74, 6) is -7.65. The Labute approximate surface area is 116 Å². The Kier molecular flexibility index (Phi) is 4.21. The van der Waals surface area contributed by atoms with Gasteiger partial charge in [0, 0.05) is 12.1 Å². The maximum atomic E-state index is 13.0. The minimum atomic E-state index is -1.67. The monoisotopic (exact) mass is 301 g/mol. The third-order valence-corrected chi connectivity index (χ3v) is 2.68. The molecule has 21 heavy (non-hydrogen) atoms. The third-order valence-electron chi connectivity index (χ3n) is 2.68. The molecule has 0 spiro atoms. The molecule has 0 aromatic heterocycles. The highest BCUT2D eigenvalue weighted by molar-refractivity contribution is 5.94. The van der Waals surface area contributed by atoms with E-state index in [9.17, 15) is 26.7 Å². The molecule has 1 amide bonds. The summed E-state index contributed by atoms with van der Waals surface area (Å²) in [6, 6.07) is 4.08. The summed E-state index contributed by atoms with van der Waals surface area (Å²) < 4.78 is 64.4. The fourth-order valence-electron chi connectivity index (χ4n) is 1.62. The smallest absolute Gasteiger partial charge is 0.251 e. The Morgan fingerprint density at radius 3 is 2.05 bits per heavy atom. The van der Waals surface area contributed by atoms with Gasteiger partial charge >= 0.3 is 0 Å². The number of nitrogens with one attached hydrogen (secondary N) is 1. The predicted octanol–water partition coefficient (Wildman–Crippen LogP) is 3.31. The van der Waals surface area contributed by atoms with Crippen molar-refractivity contribution in [3.8, 4) is 0 Å². The average Bonchev–Trinajstić information content (AvgIpc) is 2.45. The molecule has 1 N–H and O–H groups in total. The normalized spacial score (nSPS) is 10.5. The highest BCUT2D eigenvalue weighted by atomic mass is 19.2. The van der Waals surface area contributed by atoms with Gasteiger partial charge in [0.05, 0.1) is 0 Å². The van der Waals surface area contributed by atoms with Gasteiger partial charge in [-0.1, -0.05) is 6.07 Å². The molecular formula is C14H8F5NO. The van der Waals surface area contributed by atoms with Crippen LogP contribution in [0.15, 0.2) is 30.3 Å². The molecule has 0 radical (unpaired) electrons. The van der Waals surface area contributed by atoms with Crippen molar-refractivity contribution in [2.45, 2.75) is 6.54 Å². The van der Waals surface area contributed by atoms with Gasteiger partial charge in [0.25, 0.3) is 5.91 Å². The van der Waals surface area contributed by atoms with Crippen LogP contribution < -0.4 is 5.32 Å². The van der Waals surface area contributed by atoms with Crippen molar-refractivity contribution >= 4 is 5.91 Å². The van der Waals surface area contributed by atoms with Crippen LogP contribution in [0.25, 0.3) is 0 Å². The second-order valence-electron chi connectivity index (χ2n) is 4.19. The number of benzene rings is 2. The number of hydrogen-bond donors (Lipinski definition) is 1.